The molecule has 174 valence electrons. The Morgan fingerprint density at radius 2 is 1.56 bits per heavy atom. The fourth-order valence-corrected chi connectivity index (χ4v) is 3.28. The van der Waals surface area contributed by atoms with Gasteiger partial charge in [0.05, 0.1) is 11.6 Å². The van der Waals surface area contributed by atoms with Crippen molar-refractivity contribution in [2.24, 2.45) is 0 Å². The van der Waals surface area contributed by atoms with E-state index < -0.39 is 17.8 Å². The maximum Gasteiger partial charge on any atom is 0.416 e. The molecule has 0 fully saturated rings. The second kappa shape index (κ2) is 11.1. The van der Waals surface area contributed by atoms with Gasteiger partial charge in [-0.15, -0.1) is 0 Å². The van der Waals surface area contributed by atoms with Crippen molar-refractivity contribution in [3.8, 4) is 0 Å². The summed E-state index contributed by atoms with van der Waals surface area (Å²) in [4.78, 5) is 24.2. The predicted octanol–water partition coefficient (Wildman–Crippen LogP) is 5.43. The van der Waals surface area contributed by atoms with Crippen LogP contribution in [-0.4, -0.2) is 11.8 Å². The van der Waals surface area contributed by atoms with Crippen LogP contribution in [0.4, 0.5) is 13.2 Å². The van der Waals surface area contributed by atoms with E-state index in [1.165, 1.54) is 24.3 Å². The number of nitrogens with one attached hydrogen (secondary N) is 2. The topological polar surface area (TPSA) is 58.2 Å². The molecule has 0 aromatic heterocycles. The highest BCUT2D eigenvalue weighted by atomic mass is 19.4. The van der Waals surface area contributed by atoms with E-state index in [0.29, 0.717) is 5.56 Å². The smallest absolute Gasteiger partial charge is 0.348 e. The molecule has 0 heterocycles. The Hall–Kier alpha value is -4.13. The summed E-state index contributed by atoms with van der Waals surface area (Å²) in [6.07, 6.45) is -0.209. The van der Waals surface area contributed by atoms with Crippen molar-refractivity contribution in [1.82, 2.24) is 10.6 Å². The molecule has 0 radical (unpaired) electrons. The van der Waals surface area contributed by atoms with Gasteiger partial charge in [-0.05, 0) is 52.6 Å². The average molecular weight is 464 g/mol. The normalized spacial score (nSPS) is 12.2. The molecule has 0 spiro atoms. The van der Waals surface area contributed by atoms with Gasteiger partial charge in [-0.25, -0.2) is 0 Å². The fourth-order valence-electron chi connectivity index (χ4n) is 3.28. The summed E-state index contributed by atoms with van der Waals surface area (Å²) in [5.41, 5.74) is 2.29. The molecule has 0 saturated heterocycles. The minimum absolute atomic E-state index is 0.102. The first-order chi connectivity index (χ1) is 16.3. The van der Waals surface area contributed by atoms with Gasteiger partial charge in [0.1, 0.15) is 0 Å². The molecule has 0 aliphatic rings. The number of carbonyl (C=O) groups is 2. The van der Waals surface area contributed by atoms with E-state index >= 15 is 0 Å². The van der Waals surface area contributed by atoms with Crippen LogP contribution in [0.25, 0.3) is 6.08 Å². The molecule has 2 amide bonds. The van der Waals surface area contributed by atoms with E-state index in [4.69, 9.17) is 0 Å². The van der Waals surface area contributed by atoms with Gasteiger partial charge in [0.25, 0.3) is 0 Å². The minimum atomic E-state index is -4.40. The molecule has 3 rings (SSSR count). The Balaban J connectivity index is 1.67. The van der Waals surface area contributed by atoms with Crippen molar-refractivity contribution in [2.45, 2.75) is 18.8 Å². The van der Waals surface area contributed by atoms with E-state index in [0.717, 1.165) is 28.8 Å². The molecule has 4 nitrogen and oxygen atoms in total. The fraction of sp³-hybridized carbons (Fsp3) is 0.111. The third-order valence-corrected chi connectivity index (χ3v) is 5.02. The van der Waals surface area contributed by atoms with Gasteiger partial charge < -0.3 is 10.6 Å². The molecule has 0 bridgehead atoms. The lowest BCUT2D eigenvalue weighted by Gasteiger charge is -2.19. The Morgan fingerprint density at radius 3 is 2.21 bits per heavy atom. The third-order valence-electron chi connectivity index (χ3n) is 5.02. The number of carbonyl (C=O) groups excluding carboxylic acids is 2. The Morgan fingerprint density at radius 1 is 0.882 bits per heavy atom. The van der Waals surface area contributed by atoms with Crippen molar-refractivity contribution in [3.63, 3.8) is 0 Å². The van der Waals surface area contributed by atoms with Gasteiger partial charge in [0.2, 0.25) is 11.8 Å². The van der Waals surface area contributed by atoms with Gasteiger partial charge in [0.15, 0.2) is 0 Å². The van der Waals surface area contributed by atoms with Crippen LogP contribution in [-0.2, 0) is 22.3 Å². The molecule has 34 heavy (non-hydrogen) atoms. The van der Waals surface area contributed by atoms with Gasteiger partial charge in [-0.1, -0.05) is 67.2 Å². The summed E-state index contributed by atoms with van der Waals surface area (Å²) in [6, 6.07) is 21.1. The molecule has 1 atom stereocenters. The molecule has 1 unspecified atom stereocenters. The first-order valence-corrected chi connectivity index (χ1v) is 10.5. The number of hydrogen-bond donors (Lipinski definition) is 2. The van der Waals surface area contributed by atoms with Crippen LogP contribution in [0.1, 0.15) is 33.9 Å². The lowest BCUT2D eigenvalue weighted by molar-refractivity contribution is -0.137. The number of alkyl halides is 3. The molecular formula is C27H23F3N2O2. The summed E-state index contributed by atoms with van der Waals surface area (Å²) in [7, 11) is 0. The summed E-state index contributed by atoms with van der Waals surface area (Å²) in [5.74, 6) is -0.692. The number of rotatable bonds is 8. The van der Waals surface area contributed by atoms with Gasteiger partial charge in [-0.2, -0.15) is 13.2 Å². The highest BCUT2D eigenvalue weighted by Crippen LogP contribution is 2.29. The standard InChI is InChI=1S/C27H23F3N2O2/c1-2-24(33)32-26(21-8-4-3-5-9-21)22-10-6-7-19(17-22)13-16-25(34)31-18-20-11-14-23(15-12-20)27(28,29)30/h2-17,26H,1,18H2,(H,31,34)(H,32,33)/b16-13+. The van der Waals surface area contributed by atoms with E-state index in [9.17, 15) is 22.8 Å². The van der Waals surface area contributed by atoms with Gasteiger partial charge >= 0.3 is 6.18 Å². The minimum Gasteiger partial charge on any atom is -0.348 e. The Kier molecular flexibility index (Phi) is 8.03. The first-order valence-electron chi connectivity index (χ1n) is 10.5. The predicted molar refractivity (Wildman–Crippen MR) is 125 cm³/mol. The van der Waals surface area contributed by atoms with Crippen LogP contribution in [0.2, 0.25) is 0 Å². The van der Waals surface area contributed by atoms with E-state index in [1.807, 2.05) is 54.6 Å². The van der Waals surface area contributed by atoms with Crippen molar-refractivity contribution in [2.75, 3.05) is 0 Å². The first kappa shape index (κ1) is 24.5. The number of hydrogen-bond acceptors (Lipinski definition) is 2. The molecule has 7 heteroatoms. The zero-order chi connectivity index (χ0) is 24.6. The van der Waals surface area contributed by atoms with E-state index in [1.54, 1.807) is 6.08 Å². The number of amides is 2. The monoisotopic (exact) mass is 464 g/mol. The van der Waals surface area contributed by atoms with Crippen LogP contribution in [0.5, 0.6) is 0 Å². The second-order valence-electron chi connectivity index (χ2n) is 7.47. The lowest BCUT2D eigenvalue weighted by atomic mass is 9.97. The summed E-state index contributed by atoms with van der Waals surface area (Å²) in [6.45, 7) is 3.61. The van der Waals surface area contributed by atoms with Crippen LogP contribution in [0, 0.1) is 0 Å². The summed E-state index contributed by atoms with van der Waals surface area (Å²) in [5, 5.41) is 5.56. The Labute approximate surface area is 195 Å². The largest absolute Gasteiger partial charge is 0.416 e. The summed E-state index contributed by atoms with van der Waals surface area (Å²) < 4.78 is 37.9. The molecule has 0 aliphatic heterocycles. The number of halogens is 3. The number of benzene rings is 3. The van der Waals surface area contributed by atoms with E-state index in [2.05, 4.69) is 17.2 Å². The third kappa shape index (κ3) is 6.93. The van der Waals surface area contributed by atoms with Crippen molar-refractivity contribution in [1.29, 1.82) is 0 Å². The molecule has 0 aliphatic carbocycles. The van der Waals surface area contributed by atoms with Crippen molar-refractivity contribution >= 4 is 17.9 Å². The quantitative estimate of drug-likeness (QED) is 0.437. The van der Waals surface area contributed by atoms with E-state index in [-0.39, 0.29) is 18.4 Å². The van der Waals surface area contributed by atoms with Crippen LogP contribution >= 0.6 is 0 Å². The molecule has 0 saturated carbocycles. The second-order valence-corrected chi connectivity index (χ2v) is 7.47. The zero-order valence-corrected chi connectivity index (χ0v) is 18.2. The SMILES string of the molecule is C=CC(=O)NC(c1ccccc1)c1cccc(/C=C/C(=O)NCc2ccc(C(F)(F)F)cc2)c1. The summed E-state index contributed by atoms with van der Waals surface area (Å²) >= 11 is 0. The van der Waals surface area contributed by atoms with Crippen molar-refractivity contribution in [3.05, 3.63) is 125 Å². The van der Waals surface area contributed by atoms with Gasteiger partial charge in [-0.3, -0.25) is 9.59 Å². The molecule has 2 N–H and O–H groups in total. The van der Waals surface area contributed by atoms with Crippen LogP contribution in [0.3, 0.4) is 0 Å². The van der Waals surface area contributed by atoms with Crippen LogP contribution < -0.4 is 10.6 Å². The highest BCUT2D eigenvalue weighted by Gasteiger charge is 2.29. The molecular weight excluding hydrogens is 441 g/mol. The average Bonchev–Trinajstić information content (AvgIpc) is 2.85. The molecule has 3 aromatic carbocycles. The lowest BCUT2D eigenvalue weighted by Crippen LogP contribution is -2.27. The maximum atomic E-state index is 12.6. The van der Waals surface area contributed by atoms with Crippen molar-refractivity contribution < 1.29 is 22.8 Å². The molecule has 3 aromatic rings. The Bertz CT molecular complexity index is 1170. The highest BCUT2D eigenvalue weighted by molar-refractivity contribution is 5.91. The van der Waals surface area contributed by atoms with Gasteiger partial charge in [0, 0.05) is 12.6 Å². The zero-order valence-electron chi connectivity index (χ0n) is 18.2. The maximum absolute atomic E-state index is 12.6. The van der Waals surface area contributed by atoms with Crippen LogP contribution in [0.15, 0.2) is 97.6 Å².